The van der Waals surface area contributed by atoms with Crippen molar-refractivity contribution >= 4 is 23.0 Å². The van der Waals surface area contributed by atoms with E-state index in [-0.39, 0.29) is 0 Å². The molecule has 2 N–H and O–H groups in total. The maximum atomic E-state index is 5.65. The van der Waals surface area contributed by atoms with E-state index in [9.17, 15) is 0 Å². The van der Waals surface area contributed by atoms with Crippen LogP contribution in [0.1, 0.15) is 17.7 Å². The van der Waals surface area contributed by atoms with E-state index in [1.807, 2.05) is 19.1 Å². The van der Waals surface area contributed by atoms with Crippen molar-refractivity contribution in [3.8, 4) is 0 Å². The maximum absolute atomic E-state index is 5.65. The molecule has 0 bridgehead atoms. The van der Waals surface area contributed by atoms with Crippen molar-refractivity contribution in [3.05, 3.63) is 23.4 Å². The smallest absolute Gasteiger partial charge is 0.139 e. The van der Waals surface area contributed by atoms with Gasteiger partial charge in [0, 0.05) is 18.8 Å². The molecule has 0 spiro atoms. The van der Waals surface area contributed by atoms with Gasteiger partial charge in [-0.2, -0.15) is 0 Å². The molecular weight excluding hydrogens is 194 g/mol. The van der Waals surface area contributed by atoms with Crippen LogP contribution in [0, 0.1) is 6.92 Å². The normalized spacial score (nSPS) is 15.1. The van der Waals surface area contributed by atoms with Gasteiger partial charge in [0.25, 0.3) is 0 Å². The van der Waals surface area contributed by atoms with Gasteiger partial charge < -0.3 is 10.6 Å². The van der Waals surface area contributed by atoms with Gasteiger partial charge in [0.2, 0.25) is 0 Å². The largest absolute Gasteiger partial charge is 0.389 e. The number of pyridine rings is 1. The van der Waals surface area contributed by atoms with Crippen molar-refractivity contribution < 1.29 is 0 Å². The van der Waals surface area contributed by atoms with Gasteiger partial charge in [-0.15, -0.1) is 0 Å². The molecule has 0 aromatic carbocycles. The van der Waals surface area contributed by atoms with Crippen LogP contribution in [0.15, 0.2) is 12.1 Å². The lowest BCUT2D eigenvalue weighted by molar-refractivity contribution is 0.608. The van der Waals surface area contributed by atoms with Crippen molar-refractivity contribution in [2.45, 2.75) is 13.3 Å². The molecule has 4 heteroatoms. The fraction of sp³-hybridized carbons (Fsp3) is 0.400. The molecule has 0 atom stereocenters. The lowest BCUT2D eigenvalue weighted by Gasteiger charge is -2.33. The molecule has 1 aromatic heterocycles. The van der Waals surface area contributed by atoms with Crippen molar-refractivity contribution in [1.82, 2.24) is 4.98 Å². The Morgan fingerprint density at radius 2 is 2.21 bits per heavy atom. The van der Waals surface area contributed by atoms with E-state index in [0.29, 0.717) is 4.99 Å². The highest BCUT2D eigenvalue weighted by atomic mass is 32.1. The number of rotatable bonds is 2. The Hall–Kier alpha value is -1.16. The van der Waals surface area contributed by atoms with E-state index in [1.165, 1.54) is 6.42 Å². The Morgan fingerprint density at radius 3 is 2.71 bits per heavy atom. The van der Waals surface area contributed by atoms with Crippen LogP contribution in [-0.2, 0) is 0 Å². The van der Waals surface area contributed by atoms with Crippen LogP contribution in [-0.4, -0.2) is 23.1 Å². The predicted octanol–water partition coefficient (Wildman–Crippen LogP) is 1.23. The van der Waals surface area contributed by atoms with Crippen LogP contribution in [0.25, 0.3) is 0 Å². The number of aryl methyl sites for hydroxylation is 1. The number of nitrogens with zero attached hydrogens (tertiary/aromatic N) is 2. The van der Waals surface area contributed by atoms with Crippen molar-refractivity contribution in [2.75, 3.05) is 18.0 Å². The van der Waals surface area contributed by atoms with Crippen molar-refractivity contribution in [3.63, 3.8) is 0 Å². The Balaban J connectivity index is 2.42. The summed E-state index contributed by atoms with van der Waals surface area (Å²) in [6, 6.07) is 3.90. The molecule has 0 amide bonds. The zero-order valence-electron chi connectivity index (χ0n) is 8.16. The average molecular weight is 207 g/mol. The second kappa shape index (κ2) is 3.53. The summed E-state index contributed by atoms with van der Waals surface area (Å²) in [6.07, 6.45) is 1.23. The first kappa shape index (κ1) is 9.40. The molecule has 1 aliphatic heterocycles. The van der Waals surface area contributed by atoms with Crippen LogP contribution in [0.3, 0.4) is 0 Å². The number of hydrogen-bond donors (Lipinski definition) is 1. The van der Waals surface area contributed by atoms with Crippen LogP contribution >= 0.6 is 12.2 Å². The minimum absolute atomic E-state index is 0.430. The first-order valence-corrected chi connectivity index (χ1v) is 5.12. The van der Waals surface area contributed by atoms with E-state index in [0.717, 1.165) is 30.2 Å². The predicted molar refractivity (Wildman–Crippen MR) is 61.7 cm³/mol. The Labute approximate surface area is 88.9 Å². The number of nitrogens with two attached hydrogens (primary N) is 1. The summed E-state index contributed by atoms with van der Waals surface area (Å²) in [6.45, 7) is 4.10. The molecule has 74 valence electrons. The quantitative estimate of drug-likeness (QED) is 0.741. The zero-order chi connectivity index (χ0) is 10.1. The number of anilines is 1. The molecule has 0 aliphatic carbocycles. The molecule has 0 radical (unpaired) electrons. The molecule has 2 rings (SSSR count). The summed E-state index contributed by atoms with van der Waals surface area (Å²) in [5.74, 6) is 0.948. The van der Waals surface area contributed by atoms with E-state index in [2.05, 4.69) is 9.88 Å². The molecule has 0 saturated carbocycles. The molecule has 1 fully saturated rings. The number of aromatic nitrogens is 1. The highest BCUT2D eigenvalue weighted by Crippen LogP contribution is 2.23. The SMILES string of the molecule is Cc1ccc(C(N)=S)c(N2CCC2)n1. The van der Waals surface area contributed by atoms with Crippen molar-refractivity contribution in [1.29, 1.82) is 0 Å². The molecule has 1 saturated heterocycles. The maximum Gasteiger partial charge on any atom is 0.139 e. The first-order valence-electron chi connectivity index (χ1n) is 4.71. The monoisotopic (exact) mass is 207 g/mol. The molecule has 0 unspecified atom stereocenters. The summed E-state index contributed by atoms with van der Waals surface area (Å²) in [4.78, 5) is 7.11. The van der Waals surface area contributed by atoms with Crippen LogP contribution in [0.4, 0.5) is 5.82 Å². The van der Waals surface area contributed by atoms with E-state index in [1.54, 1.807) is 0 Å². The molecule has 14 heavy (non-hydrogen) atoms. The number of thiocarbonyl (C=S) groups is 1. The standard InChI is InChI=1S/C10H13N3S/c1-7-3-4-8(9(11)14)10(12-7)13-5-2-6-13/h3-4H,2,5-6H2,1H3,(H2,11,14). The molecule has 3 nitrogen and oxygen atoms in total. The second-order valence-electron chi connectivity index (χ2n) is 3.53. The second-order valence-corrected chi connectivity index (χ2v) is 3.97. The third-order valence-corrected chi connectivity index (χ3v) is 2.66. The van der Waals surface area contributed by atoms with E-state index >= 15 is 0 Å². The molecule has 1 aliphatic rings. The topological polar surface area (TPSA) is 42.1 Å². The summed E-state index contributed by atoms with van der Waals surface area (Å²) in [7, 11) is 0. The summed E-state index contributed by atoms with van der Waals surface area (Å²) >= 11 is 5.00. The molecular formula is C10H13N3S. The van der Waals surface area contributed by atoms with Gasteiger partial charge in [0.05, 0.1) is 5.56 Å². The van der Waals surface area contributed by atoms with Gasteiger partial charge in [-0.25, -0.2) is 4.98 Å². The van der Waals surface area contributed by atoms with Gasteiger partial charge in [0.1, 0.15) is 10.8 Å². The van der Waals surface area contributed by atoms with E-state index in [4.69, 9.17) is 18.0 Å². The lowest BCUT2D eigenvalue weighted by Crippen LogP contribution is -2.39. The lowest BCUT2D eigenvalue weighted by atomic mass is 10.1. The summed E-state index contributed by atoms with van der Waals surface area (Å²) < 4.78 is 0. The summed E-state index contributed by atoms with van der Waals surface area (Å²) in [5.41, 5.74) is 7.55. The van der Waals surface area contributed by atoms with Crippen LogP contribution in [0.5, 0.6) is 0 Å². The summed E-state index contributed by atoms with van der Waals surface area (Å²) in [5, 5.41) is 0. The van der Waals surface area contributed by atoms with Gasteiger partial charge in [-0.1, -0.05) is 12.2 Å². The fourth-order valence-corrected chi connectivity index (χ4v) is 1.66. The average Bonchev–Trinajstić information content (AvgIpc) is 2.00. The van der Waals surface area contributed by atoms with Crippen LogP contribution < -0.4 is 10.6 Å². The van der Waals surface area contributed by atoms with Crippen LogP contribution in [0.2, 0.25) is 0 Å². The first-order chi connectivity index (χ1) is 6.68. The highest BCUT2D eigenvalue weighted by molar-refractivity contribution is 7.80. The Morgan fingerprint density at radius 1 is 1.50 bits per heavy atom. The van der Waals surface area contributed by atoms with Crippen molar-refractivity contribution in [2.24, 2.45) is 5.73 Å². The molecule has 1 aromatic rings. The minimum Gasteiger partial charge on any atom is -0.389 e. The minimum atomic E-state index is 0.430. The fourth-order valence-electron chi connectivity index (χ4n) is 1.50. The third-order valence-electron chi connectivity index (χ3n) is 2.44. The van der Waals surface area contributed by atoms with Gasteiger partial charge in [0.15, 0.2) is 0 Å². The van der Waals surface area contributed by atoms with Gasteiger partial charge in [-0.3, -0.25) is 0 Å². The third kappa shape index (κ3) is 1.57. The van der Waals surface area contributed by atoms with Gasteiger partial charge >= 0.3 is 0 Å². The Bertz CT molecular complexity index is 372. The number of hydrogen-bond acceptors (Lipinski definition) is 3. The highest BCUT2D eigenvalue weighted by Gasteiger charge is 2.20. The van der Waals surface area contributed by atoms with Gasteiger partial charge in [-0.05, 0) is 25.5 Å². The molecule has 2 heterocycles. The zero-order valence-corrected chi connectivity index (χ0v) is 8.97. The Kier molecular flexibility index (Phi) is 2.37. The van der Waals surface area contributed by atoms with E-state index < -0.39 is 0 Å².